The van der Waals surface area contributed by atoms with Gasteiger partial charge in [0.25, 0.3) is 0 Å². The third-order valence-corrected chi connectivity index (χ3v) is 4.32. The van der Waals surface area contributed by atoms with E-state index in [1.54, 1.807) is 13.3 Å². The number of likely N-dealkylation sites (tertiary alicyclic amines) is 1. The number of hydrogen-bond acceptors (Lipinski definition) is 4. The number of nitrogens with zero attached hydrogens (tertiary/aromatic N) is 2. The van der Waals surface area contributed by atoms with E-state index in [0.717, 1.165) is 48.5 Å². The van der Waals surface area contributed by atoms with Crippen LogP contribution in [0.25, 0.3) is 11.3 Å². The highest BCUT2D eigenvalue weighted by Crippen LogP contribution is 2.33. The zero-order valence-corrected chi connectivity index (χ0v) is 12.9. The number of pyridine rings is 1. The molecular formula is C18H22N2O2. The molecule has 1 aromatic heterocycles. The smallest absolute Gasteiger partial charge is 0.132 e. The fraction of sp³-hybridized carbons (Fsp3) is 0.389. The van der Waals surface area contributed by atoms with Crippen molar-refractivity contribution in [1.29, 1.82) is 0 Å². The van der Waals surface area contributed by atoms with Crippen molar-refractivity contribution in [3.8, 4) is 17.0 Å². The van der Waals surface area contributed by atoms with Gasteiger partial charge in [-0.1, -0.05) is 18.2 Å². The van der Waals surface area contributed by atoms with Crippen LogP contribution in [0.5, 0.6) is 5.75 Å². The van der Waals surface area contributed by atoms with Crippen molar-refractivity contribution in [2.24, 2.45) is 0 Å². The van der Waals surface area contributed by atoms with Crippen LogP contribution in [0.15, 0.2) is 42.6 Å². The highest BCUT2D eigenvalue weighted by Gasteiger charge is 2.25. The Morgan fingerprint density at radius 1 is 1.27 bits per heavy atom. The number of methoxy groups -OCH3 is 1. The van der Waals surface area contributed by atoms with Crippen LogP contribution in [-0.2, 0) is 6.54 Å². The van der Waals surface area contributed by atoms with Crippen LogP contribution < -0.4 is 4.74 Å². The van der Waals surface area contributed by atoms with E-state index in [1.807, 2.05) is 30.3 Å². The van der Waals surface area contributed by atoms with Crippen LogP contribution in [0.3, 0.4) is 0 Å². The molecule has 0 aliphatic carbocycles. The third-order valence-electron chi connectivity index (χ3n) is 4.32. The minimum atomic E-state index is 0.224. The standard InChI is InChI=1S/C18H22N2O2/c1-22-18-14(12-20-11-5-7-15(20)13-21)6-4-8-16(18)17-9-2-3-10-19-17/h2-4,6,8-10,15,21H,5,7,11-13H2,1H3/t15-/m0/s1. The second-order valence-corrected chi connectivity index (χ2v) is 5.66. The summed E-state index contributed by atoms with van der Waals surface area (Å²) in [5, 5.41) is 9.49. The third kappa shape index (κ3) is 2.98. The molecule has 2 heterocycles. The first-order chi connectivity index (χ1) is 10.8. The molecule has 0 saturated carbocycles. The van der Waals surface area contributed by atoms with Crippen molar-refractivity contribution >= 4 is 0 Å². The van der Waals surface area contributed by atoms with Crippen molar-refractivity contribution in [3.05, 3.63) is 48.2 Å². The number of aromatic nitrogens is 1. The van der Waals surface area contributed by atoms with Crippen molar-refractivity contribution in [2.45, 2.75) is 25.4 Å². The molecule has 0 bridgehead atoms. The first kappa shape index (κ1) is 15.0. The summed E-state index contributed by atoms with van der Waals surface area (Å²) in [6, 6.07) is 12.3. The number of para-hydroxylation sites is 1. The zero-order chi connectivity index (χ0) is 15.4. The lowest BCUT2D eigenvalue weighted by Crippen LogP contribution is -2.31. The molecule has 0 amide bonds. The van der Waals surface area contributed by atoms with Crippen LogP contribution in [0.1, 0.15) is 18.4 Å². The molecule has 3 rings (SSSR count). The van der Waals surface area contributed by atoms with Crippen molar-refractivity contribution in [2.75, 3.05) is 20.3 Å². The van der Waals surface area contributed by atoms with Crippen LogP contribution >= 0.6 is 0 Å². The maximum absolute atomic E-state index is 9.49. The Bertz CT molecular complexity index is 616. The summed E-state index contributed by atoms with van der Waals surface area (Å²) in [7, 11) is 1.71. The molecule has 0 unspecified atom stereocenters. The monoisotopic (exact) mass is 298 g/mol. The highest BCUT2D eigenvalue weighted by atomic mass is 16.5. The average Bonchev–Trinajstić information content (AvgIpc) is 3.02. The normalized spacial score (nSPS) is 18.5. The molecule has 22 heavy (non-hydrogen) atoms. The van der Waals surface area contributed by atoms with E-state index in [9.17, 15) is 5.11 Å². The molecule has 1 N–H and O–H groups in total. The summed E-state index contributed by atoms with van der Waals surface area (Å²) in [5.74, 6) is 0.879. The molecular weight excluding hydrogens is 276 g/mol. The summed E-state index contributed by atoms with van der Waals surface area (Å²) >= 11 is 0. The summed E-state index contributed by atoms with van der Waals surface area (Å²) in [6.07, 6.45) is 4.01. The maximum atomic E-state index is 9.49. The van der Waals surface area contributed by atoms with E-state index in [4.69, 9.17) is 4.74 Å². The Kier molecular flexibility index (Phi) is 4.71. The molecule has 0 spiro atoms. The number of hydrogen-bond donors (Lipinski definition) is 1. The minimum absolute atomic E-state index is 0.224. The van der Waals surface area contributed by atoms with E-state index in [0.29, 0.717) is 0 Å². The van der Waals surface area contributed by atoms with Gasteiger partial charge in [-0.25, -0.2) is 0 Å². The lowest BCUT2D eigenvalue weighted by atomic mass is 10.0. The van der Waals surface area contributed by atoms with Crippen LogP contribution in [0.2, 0.25) is 0 Å². The van der Waals surface area contributed by atoms with Gasteiger partial charge in [-0.2, -0.15) is 0 Å². The topological polar surface area (TPSA) is 45.6 Å². The Labute approximate surface area is 131 Å². The fourth-order valence-electron chi connectivity index (χ4n) is 3.20. The minimum Gasteiger partial charge on any atom is -0.496 e. The van der Waals surface area contributed by atoms with E-state index in [2.05, 4.69) is 16.0 Å². The van der Waals surface area contributed by atoms with E-state index in [-0.39, 0.29) is 12.6 Å². The van der Waals surface area contributed by atoms with Crippen molar-refractivity contribution in [1.82, 2.24) is 9.88 Å². The van der Waals surface area contributed by atoms with Gasteiger partial charge in [-0.15, -0.1) is 0 Å². The van der Waals surface area contributed by atoms with Gasteiger partial charge in [0.1, 0.15) is 5.75 Å². The number of benzene rings is 1. The van der Waals surface area contributed by atoms with Crippen LogP contribution in [0.4, 0.5) is 0 Å². The molecule has 116 valence electrons. The van der Waals surface area contributed by atoms with Gasteiger partial charge < -0.3 is 9.84 Å². The largest absolute Gasteiger partial charge is 0.496 e. The number of aliphatic hydroxyl groups excluding tert-OH is 1. The Morgan fingerprint density at radius 3 is 2.91 bits per heavy atom. The van der Waals surface area contributed by atoms with Gasteiger partial charge in [-0.3, -0.25) is 9.88 Å². The molecule has 1 aliphatic rings. The summed E-state index contributed by atoms with van der Waals surface area (Å²) in [4.78, 5) is 6.76. The van der Waals surface area contributed by atoms with Crippen LogP contribution in [0, 0.1) is 0 Å². The Balaban J connectivity index is 1.92. The number of rotatable bonds is 5. The Morgan fingerprint density at radius 2 is 2.18 bits per heavy atom. The van der Waals surface area contributed by atoms with E-state index >= 15 is 0 Å². The molecule has 0 radical (unpaired) electrons. The van der Waals surface area contributed by atoms with Gasteiger partial charge in [0.2, 0.25) is 0 Å². The van der Waals surface area contributed by atoms with Gasteiger partial charge in [0, 0.05) is 29.9 Å². The predicted octanol–water partition coefficient (Wildman–Crippen LogP) is 2.71. The van der Waals surface area contributed by atoms with Gasteiger partial charge in [0.15, 0.2) is 0 Å². The molecule has 1 fully saturated rings. The second-order valence-electron chi connectivity index (χ2n) is 5.66. The molecule has 4 heteroatoms. The van der Waals surface area contributed by atoms with Gasteiger partial charge >= 0.3 is 0 Å². The van der Waals surface area contributed by atoms with Gasteiger partial charge in [-0.05, 0) is 37.6 Å². The lowest BCUT2D eigenvalue weighted by Gasteiger charge is -2.24. The van der Waals surface area contributed by atoms with Crippen LogP contribution in [-0.4, -0.2) is 41.3 Å². The molecule has 1 atom stereocenters. The fourth-order valence-corrected chi connectivity index (χ4v) is 3.20. The first-order valence-electron chi connectivity index (χ1n) is 7.75. The number of ether oxygens (including phenoxy) is 1. The summed E-state index contributed by atoms with van der Waals surface area (Å²) < 4.78 is 5.68. The highest BCUT2D eigenvalue weighted by molar-refractivity contribution is 5.69. The van der Waals surface area contributed by atoms with E-state index in [1.165, 1.54) is 0 Å². The molecule has 2 aromatic rings. The summed E-state index contributed by atoms with van der Waals surface area (Å²) in [5.41, 5.74) is 3.08. The predicted molar refractivity (Wildman–Crippen MR) is 86.7 cm³/mol. The molecule has 1 saturated heterocycles. The zero-order valence-electron chi connectivity index (χ0n) is 12.9. The van der Waals surface area contributed by atoms with Crippen molar-refractivity contribution < 1.29 is 9.84 Å². The quantitative estimate of drug-likeness (QED) is 0.922. The maximum Gasteiger partial charge on any atom is 0.132 e. The SMILES string of the molecule is COc1c(CN2CCC[C@H]2CO)cccc1-c1ccccn1. The van der Waals surface area contributed by atoms with E-state index < -0.39 is 0 Å². The first-order valence-corrected chi connectivity index (χ1v) is 7.75. The molecule has 1 aromatic carbocycles. The van der Waals surface area contributed by atoms with Gasteiger partial charge in [0.05, 0.1) is 19.4 Å². The average molecular weight is 298 g/mol. The lowest BCUT2D eigenvalue weighted by molar-refractivity contribution is 0.152. The Hall–Kier alpha value is -1.91. The summed E-state index contributed by atoms with van der Waals surface area (Å²) in [6.45, 7) is 2.06. The number of aliphatic hydroxyl groups is 1. The molecule has 1 aliphatic heterocycles. The van der Waals surface area contributed by atoms with Crippen molar-refractivity contribution in [3.63, 3.8) is 0 Å². The second kappa shape index (κ2) is 6.90. The molecule has 4 nitrogen and oxygen atoms in total.